The predicted molar refractivity (Wildman–Crippen MR) is 81.2 cm³/mol. The average molecular weight is 311 g/mol. The van der Waals surface area contributed by atoms with Crippen LogP contribution in [0.3, 0.4) is 0 Å². The largest absolute Gasteiger partial charge is 0.321 e. The minimum Gasteiger partial charge on any atom is -0.321 e. The van der Waals surface area contributed by atoms with Gasteiger partial charge < -0.3 is 10.7 Å². The molecule has 0 fully saturated rings. The van der Waals surface area contributed by atoms with Gasteiger partial charge in [0, 0.05) is 11.2 Å². The molecule has 0 unspecified atom stereocenters. The average Bonchev–Trinajstić information content (AvgIpc) is 2.44. The maximum Gasteiger partial charge on any atom is 0.257 e. The van der Waals surface area contributed by atoms with Crippen molar-refractivity contribution in [3.8, 4) is 0 Å². The van der Waals surface area contributed by atoms with E-state index in [0.717, 1.165) is 5.56 Å². The lowest BCUT2D eigenvalue weighted by Crippen LogP contribution is -2.14. The van der Waals surface area contributed by atoms with Gasteiger partial charge in [-0.1, -0.05) is 23.2 Å². The molecule has 1 heterocycles. The van der Waals surface area contributed by atoms with Crippen molar-refractivity contribution < 1.29 is 4.79 Å². The number of nitrogens with one attached hydrogen (secondary N) is 2. The highest BCUT2D eigenvalue weighted by Crippen LogP contribution is 2.29. The molecule has 2 aromatic rings. The van der Waals surface area contributed by atoms with Crippen LogP contribution in [0.2, 0.25) is 10.0 Å². The van der Waals surface area contributed by atoms with Gasteiger partial charge in [-0.25, -0.2) is 10.8 Å². The lowest BCUT2D eigenvalue weighted by Gasteiger charge is -2.09. The quantitative estimate of drug-likeness (QED) is 0.600. The summed E-state index contributed by atoms with van der Waals surface area (Å²) in [4.78, 5) is 16.0. The van der Waals surface area contributed by atoms with E-state index in [9.17, 15) is 4.79 Å². The van der Waals surface area contributed by atoms with E-state index in [1.807, 2.05) is 6.92 Å². The number of pyridine rings is 1. The highest BCUT2D eigenvalue weighted by atomic mass is 35.5. The molecular weight excluding hydrogens is 299 g/mol. The summed E-state index contributed by atoms with van der Waals surface area (Å²) in [6, 6.07) is 6.50. The first kappa shape index (κ1) is 14.6. The number of benzene rings is 1. The Morgan fingerprint density at radius 2 is 2.00 bits per heavy atom. The fourth-order valence-corrected chi connectivity index (χ4v) is 1.98. The second-order valence-electron chi connectivity index (χ2n) is 4.11. The van der Waals surface area contributed by atoms with E-state index in [0.29, 0.717) is 27.1 Å². The SMILES string of the molecule is Cc1cc(Cl)c(NC(=O)c2ccc(NN)nc2)cc1Cl. The highest BCUT2D eigenvalue weighted by Gasteiger charge is 2.10. The van der Waals surface area contributed by atoms with Crippen LogP contribution in [0.4, 0.5) is 11.5 Å². The molecule has 1 amide bonds. The first-order valence-electron chi connectivity index (χ1n) is 5.71. The van der Waals surface area contributed by atoms with E-state index in [2.05, 4.69) is 15.7 Å². The topological polar surface area (TPSA) is 80.0 Å². The van der Waals surface area contributed by atoms with Crippen molar-refractivity contribution >= 4 is 40.6 Å². The number of rotatable bonds is 3. The summed E-state index contributed by atoms with van der Waals surface area (Å²) in [6.07, 6.45) is 1.41. The zero-order chi connectivity index (χ0) is 14.7. The summed E-state index contributed by atoms with van der Waals surface area (Å²) in [5.74, 6) is 5.34. The van der Waals surface area contributed by atoms with E-state index < -0.39 is 0 Å². The number of aryl methyl sites for hydroxylation is 1. The Labute approximate surface area is 126 Å². The molecule has 0 aliphatic heterocycles. The lowest BCUT2D eigenvalue weighted by atomic mass is 10.2. The van der Waals surface area contributed by atoms with Gasteiger partial charge in [-0.15, -0.1) is 0 Å². The van der Waals surface area contributed by atoms with E-state index in [1.165, 1.54) is 6.20 Å². The minimum absolute atomic E-state index is 0.331. The van der Waals surface area contributed by atoms with Gasteiger partial charge in [-0.2, -0.15) is 0 Å². The van der Waals surface area contributed by atoms with Crippen LogP contribution in [-0.2, 0) is 0 Å². The molecule has 0 bridgehead atoms. The zero-order valence-electron chi connectivity index (χ0n) is 10.6. The van der Waals surface area contributed by atoms with Crippen LogP contribution in [0.15, 0.2) is 30.5 Å². The molecule has 2 rings (SSSR count). The van der Waals surface area contributed by atoms with Crippen LogP contribution in [-0.4, -0.2) is 10.9 Å². The van der Waals surface area contributed by atoms with Gasteiger partial charge in [0.15, 0.2) is 0 Å². The normalized spacial score (nSPS) is 10.2. The predicted octanol–water partition coefficient (Wildman–Crippen LogP) is 3.23. The fourth-order valence-electron chi connectivity index (χ4n) is 1.55. The number of amides is 1. The third kappa shape index (κ3) is 3.19. The molecule has 0 aliphatic rings. The summed E-state index contributed by atoms with van der Waals surface area (Å²) in [6.45, 7) is 1.84. The number of carbonyl (C=O) groups is 1. The summed E-state index contributed by atoms with van der Waals surface area (Å²) < 4.78 is 0. The molecule has 0 aliphatic carbocycles. The number of hydrazine groups is 1. The van der Waals surface area contributed by atoms with Gasteiger partial charge in [0.1, 0.15) is 5.82 Å². The monoisotopic (exact) mass is 310 g/mol. The molecule has 7 heteroatoms. The number of hydrogen-bond acceptors (Lipinski definition) is 4. The Morgan fingerprint density at radius 3 is 2.60 bits per heavy atom. The van der Waals surface area contributed by atoms with Crippen molar-refractivity contribution in [3.05, 3.63) is 51.6 Å². The van der Waals surface area contributed by atoms with Crippen LogP contribution in [0.5, 0.6) is 0 Å². The van der Waals surface area contributed by atoms with E-state index in [-0.39, 0.29) is 5.91 Å². The minimum atomic E-state index is -0.331. The lowest BCUT2D eigenvalue weighted by molar-refractivity contribution is 0.102. The number of nitrogen functional groups attached to an aromatic ring is 1. The Balaban J connectivity index is 2.20. The van der Waals surface area contributed by atoms with Crippen molar-refractivity contribution in [1.82, 2.24) is 4.98 Å². The van der Waals surface area contributed by atoms with Gasteiger partial charge in [0.2, 0.25) is 0 Å². The van der Waals surface area contributed by atoms with Crippen LogP contribution in [0, 0.1) is 6.92 Å². The molecule has 0 atom stereocenters. The molecule has 4 N–H and O–H groups in total. The molecule has 0 radical (unpaired) electrons. The Morgan fingerprint density at radius 1 is 1.25 bits per heavy atom. The Hall–Kier alpha value is -1.82. The van der Waals surface area contributed by atoms with Crippen LogP contribution < -0.4 is 16.6 Å². The van der Waals surface area contributed by atoms with Crippen molar-refractivity contribution in [3.63, 3.8) is 0 Å². The molecule has 0 spiro atoms. The van der Waals surface area contributed by atoms with E-state index in [1.54, 1.807) is 24.3 Å². The van der Waals surface area contributed by atoms with Crippen molar-refractivity contribution in [2.45, 2.75) is 6.92 Å². The number of halogens is 2. The summed E-state index contributed by atoms with van der Waals surface area (Å²) >= 11 is 12.1. The van der Waals surface area contributed by atoms with Gasteiger partial charge >= 0.3 is 0 Å². The number of anilines is 2. The molecule has 0 saturated carbocycles. The summed E-state index contributed by atoms with van der Waals surface area (Å²) in [7, 11) is 0. The molecule has 1 aromatic carbocycles. The molecular formula is C13H12Cl2N4O. The number of hydrogen-bond donors (Lipinski definition) is 3. The molecule has 104 valence electrons. The van der Waals surface area contributed by atoms with Crippen LogP contribution in [0.1, 0.15) is 15.9 Å². The summed E-state index contributed by atoms with van der Waals surface area (Å²) in [5, 5.41) is 3.64. The number of nitrogens with two attached hydrogens (primary N) is 1. The molecule has 0 saturated heterocycles. The Kier molecular flexibility index (Phi) is 4.44. The second-order valence-corrected chi connectivity index (χ2v) is 4.93. The zero-order valence-corrected chi connectivity index (χ0v) is 12.1. The molecule has 20 heavy (non-hydrogen) atoms. The maximum absolute atomic E-state index is 12.1. The summed E-state index contributed by atoms with van der Waals surface area (Å²) in [5.41, 5.74) is 4.06. The number of nitrogens with zero attached hydrogens (tertiary/aromatic N) is 1. The first-order valence-corrected chi connectivity index (χ1v) is 6.46. The van der Waals surface area contributed by atoms with Crippen LogP contribution in [0.25, 0.3) is 0 Å². The number of carbonyl (C=O) groups excluding carboxylic acids is 1. The van der Waals surface area contributed by atoms with Gasteiger partial charge in [0.25, 0.3) is 5.91 Å². The first-order chi connectivity index (χ1) is 9.51. The highest BCUT2D eigenvalue weighted by molar-refractivity contribution is 6.36. The fraction of sp³-hybridized carbons (Fsp3) is 0.0769. The van der Waals surface area contributed by atoms with E-state index >= 15 is 0 Å². The smallest absolute Gasteiger partial charge is 0.257 e. The van der Waals surface area contributed by atoms with Gasteiger partial charge in [-0.05, 0) is 36.8 Å². The van der Waals surface area contributed by atoms with Gasteiger partial charge in [-0.3, -0.25) is 4.79 Å². The van der Waals surface area contributed by atoms with Crippen molar-refractivity contribution in [1.29, 1.82) is 0 Å². The maximum atomic E-state index is 12.1. The third-order valence-electron chi connectivity index (χ3n) is 2.67. The molecule has 5 nitrogen and oxygen atoms in total. The van der Waals surface area contributed by atoms with Crippen molar-refractivity contribution in [2.75, 3.05) is 10.7 Å². The Bertz CT molecular complexity index is 644. The van der Waals surface area contributed by atoms with Crippen LogP contribution >= 0.6 is 23.2 Å². The van der Waals surface area contributed by atoms with E-state index in [4.69, 9.17) is 29.0 Å². The third-order valence-corrected chi connectivity index (χ3v) is 3.39. The second kappa shape index (κ2) is 6.09. The van der Waals surface area contributed by atoms with Crippen molar-refractivity contribution in [2.24, 2.45) is 5.84 Å². The van der Waals surface area contributed by atoms with Gasteiger partial charge in [0.05, 0.1) is 16.3 Å². The standard InChI is InChI=1S/C13H12Cl2N4O/c1-7-4-10(15)11(5-9(7)14)18-13(20)8-2-3-12(19-16)17-6-8/h2-6H,16H2,1H3,(H,17,19)(H,18,20). The molecule has 1 aromatic heterocycles. The number of aromatic nitrogens is 1.